The number of alkyl halides is 1. The van der Waals surface area contributed by atoms with Gasteiger partial charge in [-0.1, -0.05) is 5.21 Å². The standard InChI is InChI=1S/C22H30FN5O5/c1-14-19(33-16-6-5-15(11-16)12-20(29)30)8-7-17(24-14)21-18(28(3)26-25-21)13-32-22(31)27(2)10-4-9-23/h7-8,15-16H,4-6,9-13H2,1-3H3,(H,29,30)/t15-,16-/m0/s1. The van der Waals surface area contributed by atoms with E-state index in [1.54, 1.807) is 20.2 Å². The molecule has 3 rings (SSSR count). The minimum Gasteiger partial charge on any atom is -0.489 e. The van der Waals surface area contributed by atoms with E-state index in [4.69, 9.17) is 14.6 Å². The third kappa shape index (κ3) is 6.39. The molecule has 180 valence electrons. The molecule has 11 heteroatoms. The van der Waals surface area contributed by atoms with Crippen LogP contribution in [0.25, 0.3) is 11.4 Å². The van der Waals surface area contributed by atoms with Gasteiger partial charge in [0, 0.05) is 27.1 Å². The summed E-state index contributed by atoms with van der Waals surface area (Å²) in [5, 5.41) is 17.2. The highest BCUT2D eigenvalue weighted by Gasteiger charge is 2.28. The molecule has 1 amide bonds. The zero-order valence-corrected chi connectivity index (χ0v) is 19.2. The molecule has 10 nitrogen and oxygen atoms in total. The maximum atomic E-state index is 12.3. The minimum atomic E-state index is -0.778. The first-order valence-electron chi connectivity index (χ1n) is 11.0. The van der Waals surface area contributed by atoms with Crippen molar-refractivity contribution < 1.29 is 28.6 Å². The SMILES string of the molecule is Cc1nc(-c2nnn(C)c2COC(=O)N(C)CCCF)ccc1O[C@H]1CC[C@H](CC(=O)O)C1. The summed E-state index contributed by atoms with van der Waals surface area (Å²) in [6, 6.07) is 3.59. The molecule has 2 atom stereocenters. The Bertz CT molecular complexity index is 982. The summed E-state index contributed by atoms with van der Waals surface area (Å²) in [6.45, 7) is 1.55. The lowest BCUT2D eigenvalue weighted by Crippen LogP contribution is -2.28. The number of amides is 1. The van der Waals surface area contributed by atoms with Gasteiger partial charge in [-0.2, -0.15) is 0 Å². The summed E-state index contributed by atoms with van der Waals surface area (Å²) in [4.78, 5) is 29.0. The van der Waals surface area contributed by atoms with Gasteiger partial charge in [0.05, 0.1) is 24.2 Å². The number of hydrogen-bond acceptors (Lipinski definition) is 7. The van der Waals surface area contributed by atoms with E-state index in [1.807, 2.05) is 13.0 Å². The number of nitrogens with zero attached hydrogens (tertiary/aromatic N) is 5. The van der Waals surface area contributed by atoms with Crippen molar-refractivity contribution in [2.45, 2.75) is 51.7 Å². The van der Waals surface area contributed by atoms with Crippen LogP contribution < -0.4 is 4.74 Å². The molecule has 0 unspecified atom stereocenters. The number of ether oxygens (including phenoxy) is 2. The fourth-order valence-corrected chi connectivity index (χ4v) is 3.92. The van der Waals surface area contributed by atoms with Crippen LogP contribution in [0.4, 0.5) is 9.18 Å². The Kier molecular flexibility index (Phi) is 8.18. The largest absolute Gasteiger partial charge is 0.489 e. The van der Waals surface area contributed by atoms with Crippen molar-refractivity contribution in [2.24, 2.45) is 13.0 Å². The molecule has 0 bridgehead atoms. The second-order valence-electron chi connectivity index (χ2n) is 8.32. The molecule has 1 aliphatic carbocycles. The quantitative estimate of drug-likeness (QED) is 0.571. The molecule has 0 aliphatic heterocycles. The van der Waals surface area contributed by atoms with Crippen molar-refractivity contribution >= 4 is 12.1 Å². The predicted molar refractivity (Wildman–Crippen MR) is 116 cm³/mol. The van der Waals surface area contributed by atoms with Gasteiger partial charge in [0.25, 0.3) is 0 Å². The number of aryl methyl sites for hydroxylation is 2. The van der Waals surface area contributed by atoms with Gasteiger partial charge in [0.1, 0.15) is 23.7 Å². The Hall–Kier alpha value is -3.24. The van der Waals surface area contributed by atoms with Gasteiger partial charge in [0.2, 0.25) is 0 Å². The smallest absolute Gasteiger partial charge is 0.409 e. The van der Waals surface area contributed by atoms with Gasteiger partial charge in [-0.3, -0.25) is 9.18 Å². The molecule has 0 aromatic carbocycles. The molecule has 0 saturated heterocycles. The zero-order chi connectivity index (χ0) is 24.0. The van der Waals surface area contributed by atoms with Gasteiger partial charge in [0.15, 0.2) is 0 Å². The van der Waals surface area contributed by atoms with Gasteiger partial charge in [-0.15, -0.1) is 5.10 Å². The number of carbonyl (C=O) groups is 2. The molecule has 1 N–H and O–H groups in total. The van der Waals surface area contributed by atoms with Crippen LogP contribution in [-0.4, -0.2) is 68.4 Å². The highest BCUT2D eigenvalue weighted by Crippen LogP contribution is 2.33. The lowest BCUT2D eigenvalue weighted by Gasteiger charge is -2.17. The number of pyridine rings is 1. The number of carboxylic acid groups (broad SMARTS) is 1. The monoisotopic (exact) mass is 463 g/mol. The van der Waals surface area contributed by atoms with E-state index >= 15 is 0 Å². The normalized spacial score (nSPS) is 17.7. The molecule has 2 heterocycles. The highest BCUT2D eigenvalue weighted by molar-refractivity contribution is 5.67. The number of aliphatic carboxylic acids is 1. The van der Waals surface area contributed by atoms with Crippen molar-refractivity contribution in [3.8, 4) is 17.1 Å². The Morgan fingerprint density at radius 2 is 2.12 bits per heavy atom. The number of halogens is 1. The number of carboxylic acids is 1. The third-order valence-corrected chi connectivity index (χ3v) is 5.74. The number of hydrogen-bond donors (Lipinski definition) is 1. The molecular weight excluding hydrogens is 433 g/mol. The van der Waals surface area contributed by atoms with Crippen molar-refractivity contribution in [1.82, 2.24) is 24.9 Å². The van der Waals surface area contributed by atoms with Gasteiger partial charge in [-0.25, -0.2) is 14.5 Å². The van der Waals surface area contributed by atoms with Crippen LogP contribution in [-0.2, 0) is 23.2 Å². The molecule has 2 aromatic rings. The average molecular weight is 464 g/mol. The van der Waals surface area contributed by atoms with Gasteiger partial charge in [-0.05, 0) is 50.7 Å². The predicted octanol–water partition coefficient (Wildman–Crippen LogP) is 3.14. The van der Waals surface area contributed by atoms with E-state index < -0.39 is 18.7 Å². The summed E-state index contributed by atoms with van der Waals surface area (Å²) in [6.07, 6.45) is 2.21. The van der Waals surface area contributed by atoms with Crippen LogP contribution in [0.1, 0.15) is 43.5 Å². The zero-order valence-electron chi connectivity index (χ0n) is 19.2. The maximum Gasteiger partial charge on any atom is 0.409 e. The molecule has 1 fully saturated rings. The summed E-state index contributed by atoms with van der Waals surface area (Å²) in [5.41, 5.74) is 2.32. The molecule has 2 aromatic heterocycles. The number of rotatable bonds is 10. The van der Waals surface area contributed by atoms with Gasteiger partial charge < -0.3 is 19.5 Å². The van der Waals surface area contributed by atoms with Crippen molar-refractivity contribution in [3.63, 3.8) is 0 Å². The molecule has 1 saturated carbocycles. The number of carbonyl (C=O) groups excluding carboxylic acids is 1. The fraction of sp³-hybridized carbons (Fsp3) is 0.591. The summed E-state index contributed by atoms with van der Waals surface area (Å²) in [7, 11) is 3.25. The van der Waals surface area contributed by atoms with E-state index in [-0.39, 0.29) is 38.0 Å². The maximum absolute atomic E-state index is 12.3. The molecule has 33 heavy (non-hydrogen) atoms. The summed E-state index contributed by atoms with van der Waals surface area (Å²) >= 11 is 0. The van der Waals surface area contributed by atoms with E-state index in [2.05, 4.69) is 15.3 Å². The lowest BCUT2D eigenvalue weighted by molar-refractivity contribution is -0.138. The Morgan fingerprint density at radius 3 is 2.82 bits per heavy atom. The Labute approximate surface area is 191 Å². The first-order chi connectivity index (χ1) is 15.8. The van der Waals surface area contributed by atoms with E-state index in [0.29, 0.717) is 34.9 Å². The molecule has 0 spiro atoms. The van der Waals surface area contributed by atoms with Crippen molar-refractivity contribution in [3.05, 3.63) is 23.5 Å². The average Bonchev–Trinajstić information content (AvgIpc) is 3.37. The number of aromatic nitrogens is 4. The van der Waals surface area contributed by atoms with Crippen LogP contribution in [0, 0.1) is 12.8 Å². The Balaban J connectivity index is 1.65. The fourth-order valence-electron chi connectivity index (χ4n) is 3.92. The van der Waals surface area contributed by atoms with Crippen LogP contribution in [0.5, 0.6) is 5.75 Å². The topological polar surface area (TPSA) is 120 Å². The second kappa shape index (κ2) is 11.1. The summed E-state index contributed by atoms with van der Waals surface area (Å²) in [5.74, 6) is 0.00621. The minimum absolute atomic E-state index is 0.0263. The van der Waals surface area contributed by atoms with Crippen LogP contribution in [0.15, 0.2) is 12.1 Å². The molecule has 1 aliphatic rings. The van der Waals surface area contributed by atoms with Crippen molar-refractivity contribution in [2.75, 3.05) is 20.3 Å². The van der Waals surface area contributed by atoms with Gasteiger partial charge >= 0.3 is 12.1 Å². The lowest BCUT2D eigenvalue weighted by atomic mass is 10.0. The third-order valence-electron chi connectivity index (χ3n) is 5.74. The molecule has 0 radical (unpaired) electrons. The van der Waals surface area contributed by atoms with Crippen molar-refractivity contribution in [1.29, 1.82) is 0 Å². The first-order valence-corrected chi connectivity index (χ1v) is 11.0. The van der Waals surface area contributed by atoms with E-state index in [1.165, 1.54) is 9.58 Å². The molecular formula is C22H30FN5O5. The van der Waals surface area contributed by atoms with Crippen LogP contribution in [0.2, 0.25) is 0 Å². The first kappa shape index (κ1) is 24.4. The van der Waals surface area contributed by atoms with Crippen LogP contribution >= 0.6 is 0 Å². The Morgan fingerprint density at radius 1 is 1.33 bits per heavy atom. The van der Waals surface area contributed by atoms with E-state index in [9.17, 15) is 14.0 Å². The second-order valence-corrected chi connectivity index (χ2v) is 8.32. The van der Waals surface area contributed by atoms with Crippen LogP contribution in [0.3, 0.4) is 0 Å². The summed E-state index contributed by atoms with van der Waals surface area (Å²) < 4.78 is 25.3. The van der Waals surface area contributed by atoms with E-state index in [0.717, 1.165) is 12.8 Å². The highest BCUT2D eigenvalue weighted by atomic mass is 19.1.